The lowest BCUT2D eigenvalue weighted by molar-refractivity contribution is 0.0697. The molecule has 0 aromatic heterocycles. The second-order valence-corrected chi connectivity index (χ2v) is 4.83. The fourth-order valence-electron chi connectivity index (χ4n) is 1.57. The minimum absolute atomic E-state index is 0.270. The first-order valence-corrected chi connectivity index (χ1v) is 6.22. The molecule has 0 unspecified atom stereocenters. The summed E-state index contributed by atoms with van der Waals surface area (Å²) in [7, 11) is 0. The Morgan fingerprint density at radius 2 is 1.89 bits per heavy atom. The van der Waals surface area contributed by atoms with Gasteiger partial charge in [-0.25, -0.2) is 4.79 Å². The second kappa shape index (κ2) is 5.23. The number of aromatic carboxylic acids is 1. The van der Waals surface area contributed by atoms with Gasteiger partial charge in [0.05, 0.1) is 5.56 Å². The molecule has 0 spiro atoms. The molecule has 3 nitrogen and oxygen atoms in total. The number of hydrogen-bond acceptors (Lipinski definition) is 2. The van der Waals surface area contributed by atoms with Crippen LogP contribution in [0.5, 0.6) is 0 Å². The maximum atomic E-state index is 10.9. The summed E-state index contributed by atoms with van der Waals surface area (Å²) in [6.07, 6.45) is 0. The van der Waals surface area contributed by atoms with Gasteiger partial charge in [-0.2, -0.15) is 0 Å². The van der Waals surface area contributed by atoms with Crippen LogP contribution in [0.2, 0.25) is 0 Å². The summed E-state index contributed by atoms with van der Waals surface area (Å²) in [5.41, 5.74) is 3.09. The molecule has 0 bridgehead atoms. The number of rotatable bonds is 3. The van der Waals surface area contributed by atoms with Gasteiger partial charge in [-0.1, -0.05) is 28.1 Å². The zero-order valence-electron chi connectivity index (χ0n) is 9.77. The summed E-state index contributed by atoms with van der Waals surface area (Å²) in [5.74, 6) is -0.927. The Kier molecular flexibility index (Phi) is 3.67. The van der Waals surface area contributed by atoms with E-state index in [4.69, 9.17) is 5.11 Å². The maximum absolute atomic E-state index is 10.9. The van der Waals surface area contributed by atoms with Gasteiger partial charge in [0.1, 0.15) is 0 Å². The number of benzene rings is 2. The van der Waals surface area contributed by atoms with E-state index >= 15 is 0 Å². The van der Waals surface area contributed by atoms with Crippen molar-refractivity contribution in [2.24, 2.45) is 0 Å². The van der Waals surface area contributed by atoms with Gasteiger partial charge in [-0.3, -0.25) is 0 Å². The molecule has 0 fully saturated rings. The van der Waals surface area contributed by atoms with Crippen molar-refractivity contribution in [2.45, 2.75) is 6.92 Å². The summed E-state index contributed by atoms with van der Waals surface area (Å²) in [5, 5.41) is 12.1. The Hall–Kier alpha value is -1.81. The number of hydrogen-bond donors (Lipinski definition) is 2. The first-order chi connectivity index (χ1) is 8.56. The summed E-state index contributed by atoms with van der Waals surface area (Å²) in [4.78, 5) is 10.9. The van der Waals surface area contributed by atoms with Crippen LogP contribution in [0, 0.1) is 6.92 Å². The van der Waals surface area contributed by atoms with E-state index in [9.17, 15) is 4.79 Å². The minimum atomic E-state index is -0.927. The van der Waals surface area contributed by atoms with Crippen molar-refractivity contribution in [1.29, 1.82) is 0 Å². The van der Waals surface area contributed by atoms with Crippen LogP contribution in [0.3, 0.4) is 0 Å². The van der Waals surface area contributed by atoms with Crippen LogP contribution in [-0.2, 0) is 0 Å². The van der Waals surface area contributed by atoms with Crippen molar-refractivity contribution < 1.29 is 9.90 Å². The number of carboxylic acid groups (broad SMARTS) is 1. The molecule has 0 radical (unpaired) electrons. The third-order valence-electron chi connectivity index (χ3n) is 2.57. The highest BCUT2D eigenvalue weighted by Crippen LogP contribution is 2.24. The van der Waals surface area contributed by atoms with E-state index < -0.39 is 5.97 Å². The van der Waals surface area contributed by atoms with Crippen molar-refractivity contribution in [3.05, 3.63) is 58.1 Å². The molecule has 0 atom stereocenters. The Bertz CT molecular complexity index is 596. The Morgan fingerprint density at radius 3 is 2.56 bits per heavy atom. The van der Waals surface area contributed by atoms with Crippen molar-refractivity contribution in [1.82, 2.24) is 0 Å². The van der Waals surface area contributed by atoms with Gasteiger partial charge in [0, 0.05) is 15.8 Å². The van der Waals surface area contributed by atoms with Crippen molar-refractivity contribution >= 4 is 33.3 Å². The molecule has 0 saturated carbocycles. The van der Waals surface area contributed by atoms with Gasteiger partial charge in [0.2, 0.25) is 0 Å². The smallest absolute Gasteiger partial charge is 0.335 e. The van der Waals surface area contributed by atoms with Gasteiger partial charge >= 0.3 is 5.97 Å². The maximum Gasteiger partial charge on any atom is 0.335 e. The number of nitrogens with one attached hydrogen (secondary N) is 1. The third-order valence-corrected chi connectivity index (χ3v) is 3.42. The highest BCUT2D eigenvalue weighted by Gasteiger charge is 2.03. The fourth-order valence-corrected chi connectivity index (χ4v) is 1.95. The topological polar surface area (TPSA) is 49.3 Å². The zero-order valence-corrected chi connectivity index (χ0v) is 11.4. The molecule has 2 aromatic rings. The molecule has 0 aliphatic rings. The highest BCUT2D eigenvalue weighted by atomic mass is 79.9. The molecule has 92 valence electrons. The lowest BCUT2D eigenvalue weighted by Crippen LogP contribution is -1.97. The SMILES string of the molecule is Cc1ccc(Nc2cccc(C(=O)O)c2)cc1Br. The predicted molar refractivity (Wildman–Crippen MR) is 75.6 cm³/mol. The van der Waals surface area contributed by atoms with E-state index in [1.54, 1.807) is 18.2 Å². The molecule has 4 heteroatoms. The minimum Gasteiger partial charge on any atom is -0.478 e. The standard InChI is InChI=1S/C14H12BrNO2/c1-9-5-6-12(8-13(9)15)16-11-4-2-3-10(7-11)14(17)18/h2-8,16H,1H3,(H,17,18). The van der Waals surface area contributed by atoms with Crippen molar-refractivity contribution in [3.8, 4) is 0 Å². The molecule has 2 N–H and O–H groups in total. The van der Waals surface area contributed by atoms with Crippen LogP contribution in [0.4, 0.5) is 11.4 Å². The van der Waals surface area contributed by atoms with Crippen LogP contribution >= 0.6 is 15.9 Å². The summed E-state index contributed by atoms with van der Waals surface area (Å²) in [6.45, 7) is 2.01. The normalized spacial score (nSPS) is 10.1. The van der Waals surface area contributed by atoms with E-state index in [0.29, 0.717) is 0 Å². The lowest BCUT2D eigenvalue weighted by atomic mass is 10.2. The van der Waals surface area contributed by atoms with Crippen LogP contribution in [-0.4, -0.2) is 11.1 Å². The predicted octanol–water partition coefficient (Wildman–Crippen LogP) is 4.20. The van der Waals surface area contributed by atoms with E-state index in [1.807, 2.05) is 31.2 Å². The van der Waals surface area contributed by atoms with Crippen LogP contribution in [0.25, 0.3) is 0 Å². The fraction of sp³-hybridized carbons (Fsp3) is 0.0714. The Labute approximate surface area is 114 Å². The average molecular weight is 306 g/mol. The molecule has 2 rings (SSSR count). The summed E-state index contributed by atoms with van der Waals surface area (Å²) in [6, 6.07) is 12.6. The van der Waals surface area contributed by atoms with E-state index in [0.717, 1.165) is 21.4 Å². The van der Waals surface area contributed by atoms with E-state index in [1.165, 1.54) is 0 Å². The third kappa shape index (κ3) is 2.90. The summed E-state index contributed by atoms with van der Waals surface area (Å²) >= 11 is 3.46. The van der Waals surface area contributed by atoms with Gasteiger partial charge in [-0.05, 0) is 42.8 Å². The molecular formula is C14H12BrNO2. The first-order valence-electron chi connectivity index (χ1n) is 5.43. The lowest BCUT2D eigenvalue weighted by Gasteiger charge is -2.08. The molecule has 0 heterocycles. The largest absolute Gasteiger partial charge is 0.478 e. The van der Waals surface area contributed by atoms with Gasteiger partial charge in [-0.15, -0.1) is 0 Å². The monoisotopic (exact) mass is 305 g/mol. The number of carboxylic acids is 1. The van der Waals surface area contributed by atoms with Crippen molar-refractivity contribution in [2.75, 3.05) is 5.32 Å². The van der Waals surface area contributed by atoms with Gasteiger partial charge in [0.25, 0.3) is 0 Å². The van der Waals surface area contributed by atoms with Crippen LogP contribution in [0.15, 0.2) is 46.9 Å². The quantitative estimate of drug-likeness (QED) is 0.893. The molecular weight excluding hydrogens is 294 g/mol. The van der Waals surface area contributed by atoms with Gasteiger partial charge < -0.3 is 10.4 Å². The van der Waals surface area contributed by atoms with Gasteiger partial charge in [0.15, 0.2) is 0 Å². The number of carbonyl (C=O) groups is 1. The first kappa shape index (κ1) is 12.6. The molecule has 2 aromatic carbocycles. The molecule has 0 aliphatic heterocycles. The second-order valence-electron chi connectivity index (χ2n) is 3.97. The average Bonchev–Trinajstić information content (AvgIpc) is 2.34. The zero-order chi connectivity index (χ0) is 13.1. The van der Waals surface area contributed by atoms with Crippen LogP contribution in [0.1, 0.15) is 15.9 Å². The Balaban J connectivity index is 2.25. The Morgan fingerprint density at radius 1 is 1.17 bits per heavy atom. The molecule has 0 aliphatic carbocycles. The number of aryl methyl sites for hydroxylation is 1. The molecule has 0 saturated heterocycles. The van der Waals surface area contributed by atoms with Crippen molar-refractivity contribution in [3.63, 3.8) is 0 Å². The number of halogens is 1. The van der Waals surface area contributed by atoms with E-state index in [2.05, 4.69) is 21.2 Å². The van der Waals surface area contributed by atoms with E-state index in [-0.39, 0.29) is 5.56 Å². The molecule has 0 amide bonds. The molecule has 18 heavy (non-hydrogen) atoms. The highest BCUT2D eigenvalue weighted by molar-refractivity contribution is 9.10. The van der Waals surface area contributed by atoms with Crippen LogP contribution < -0.4 is 5.32 Å². The number of anilines is 2. The summed E-state index contributed by atoms with van der Waals surface area (Å²) < 4.78 is 1.02.